The molecule has 6 rings (SSSR count). The number of ether oxygens (including phenoxy) is 1. The molecule has 2 aromatic carbocycles. The van der Waals surface area contributed by atoms with E-state index in [1.54, 1.807) is 24.3 Å². The summed E-state index contributed by atoms with van der Waals surface area (Å²) in [6.45, 7) is 10.2. The van der Waals surface area contributed by atoms with E-state index in [1.165, 1.54) is 5.69 Å². The number of fused-ring (bicyclic) bond motifs is 3. The van der Waals surface area contributed by atoms with Crippen LogP contribution in [-0.4, -0.2) is 84.6 Å². The summed E-state index contributed by atoms with van der Waals surface area (Å²) in [5, 5.41) is 0. The summed E-state index contributed by atoms with van der Waals surface area (Å²) in [6, 6.07) is 17.6. The average Bonchev–Trinajstić information content (AvgIpc) is 2.89. The van der Waals surface area contributed by atoms with Crippen molar-refractivity contribution >= 4 is 17.7 Å². The third-order valence-corrected chi connectivity index (χ3v) is 7.72. The fourth-order valence-corrected chi connectivity index (χ4v) is 5.81. The number of hydrogen-bond donors (Lipinski definition) is 0. The molecule has 186 valence electrons. The molecule has 4 aliphatic rings. The summed E-state index contributed by atoms with van der Waals surface area (Å²) in [5.41, 5.74) is 1.74. The molecule has 7 heteroatoms. The number of para-hydroxylation sites is 1. The van der Waals surface area contributed by atoms with Gasteiger partial charge in [0.15, 0.2) is 0 Å². The molecule has 2 amide bonds. The Hall–Kier alpha value is -3.06. The van der Waals surface area contributed by atoms with E-state index >= 15 is 0 Å². The summed E-state index contributed by atoms with van der Waals surface area (Å²) in [7, 11) is 0. The van der Waals surface area contributed by atoms with E-state index < -0.39 is 0 Å². The van der Waals surface area contributed by atoms with Gasteiger partial charge < -0.3 is 24.3 Å². The van der Waals surface area contributed by atoms with Crippen LogP contribution in [0.5, 0.6) is 5.75 Å². The number of carbonyl (C=O) groups is 2. The molecule has 0 aliphatic carbocycles. The highest BCUT2D eigenvalue weighted by Gasteiger charge is 2.41. The Morgan fingerprint density at radius 3 is 2.26 bits per heavy atom. The molecule has 0 spiro atoms. The topological polar surface area (TPSA) is 56.3 Å². The molecule has 4 fully saturated rings. The summed E-state index contributed by atoms with van der Waals surface area (Å²) in [4.78, 5) is 35.0. The second-order valence-electron chi connectivity index (χ2n) is 10.2. The first-order valence-corrected chi connectivity index (χ1v) is 12.9. The minimum Gasteiger partial charge on any atom is -0.410 e. The predicted molar refractivity (Wildman–Crippen MR) is 137 cm³/mol. The summed E-state index contributed by atoms with van der Waals surface area (Å²) < 4.78 is 5.84. The van der Waals surface area contributed by atoms with E-state index in [-0.39, 0.29) is 24.1 Å². The van der Waals surface area contributed by atoms with Crippen LogP contribution < -0.4 is 9.64 Å². The Bertz CT molecular complexity index is 1030. The zero-order chi connectivity index (χ0) is 24.4. The van der Waals surface area contributed by atoms with E-state index in [9.17, 15) is 9.59 Å². The van der Waals surface area contributed by atoms with Crippen LogP contribution in [0.3, 0.4) is 0 Å². The molecule has 7 nitrogen and oxygen atoms in total. The second kappa shape index (κ2) is 10.3. The minimum absolute atomic E-state index is 0.0197. The maximum atomic E-state index is 13.3. The Kier molecular flexibility index (Phi) is 6.95. The first-order valence-electron chi connectivity index (χ1n) is 12.9. The zero-order valence-electron chi connectivity index (χ0n) is 20.8. The summed E-state index contributed by atoms with van der Waals surface area (Å²) >= 11 is 0. The number of hydrogen-bond acceptors (Lipinski definition) is 5. The molecule has 4 heterocycles. The standard InChI is InChI=1S/C28H36N4O3/c1-21(2)32(26-20-29-13-11-22(26)12-14-29)28(34)35-25-10-6-7-23(19-25)27(33)31-17-15-30(16-18-31)24-8-4-3-5-9-24/h3-10,19,21-22,26H,11-18,20H2,1-2H3. The molecule has 1 unspecified atom stereocenters. The van der Waals surface area contributed by atoms with E-state index in [0.29, 0.717) is 30.3 Å². The minimum atomic E-state index is -0.320. The Balaban J connectivity index is 1.22. The van der Waals surface area contributed by atoms with Crippen molar-refractivity contribution in [2.45, 2.75) is 38.8 Å². The molecule has 35 heavy (non-hydrogen) atoms. The van der Waals surface area contributed by atoms with Crippen molar-refractivity contribution in [2.75, 3.05) is 50.7 Å². The van der Waals surface area contributed by atoms with Gasteiger partial charge in [-0.3, -0.25) is 4.79 Å². The number of anilines is 1. The van der Waals surface area contributed by atoms with Crippen LogP contribution in [0.1, 0.15) is 37.0 Å². The Labute approximate surface area is 208 Å². The van der Waals surface area contributed by atoms with Crippen molar-refractivity contribution < 1.29 is 14.3 Å². The van der Waals surface area contributed by atoms with Crippen LogP contribution in [0.4, 0.5) is 10.5 Å². The van der Waals surface area contributed by atoms with Gasteiger partial charge in [0.2, 0.25) is 0 Å². The Morgan fingerprint density at radius 2 is 1.63 bits per heavy atom. The monoisotopic (exact) mass is 476 g/mol. The normalized spacial score (nSPS) is 23.9. The zero-order valence-corrected chi connectivity index (χ0v) is 20.8. The van der Waals surface area contributed by atoms with Gasteiger partial charge in [-0.25, -0.2) is 4.79 Å². The van der Waals surface area contributed by atoms with Crippen LogP contribution in [0.15, 0.2) is 54.6 Å². The largest absolute Gasteiger partial charge is 0.415 e. The van der Waals surface area contributed by atoms with E-state index in [1.807, 2.05) is 41.8 Å². The fraction of sp³-hybridized carbons (Fsp3) is 0.500. The van der Waals surface area contributed by atoms with Gasteiger partial charge in [0.25, 0.3) is 5.91 Å². The lowest BCUT2D eigenvalue weighted by Gasteiger charge is -2.49. The maximum absolute atomic E-state index is 13.3. The SMILES string of the molecule is CC(C)N(C(=O)Oc1cccc(C(=O)N2CCN(c3ccccc3)CC2)c1)C1CN2CCC1CC2. The van der Waals surface area contributed by atoms with Crippen molar-refractivity contribution in [3.8, 4) is 5.75 Å². The molecule has 0 aromatic heterocycles. The molecule has 2 bridgehead atoms. The van der Waals surface area contributed by atoms with Gasteiger partial charge >= 0.3 is 6.09 Å². The number of benzene rings is 2. The molecular weight excluding hydrogens is 440 g/mol. The van der Waals surface area contributed by atoms with Crippen LogP contribution in [-0.2, 0) is 0 Å². The molecule has 1 atom stereocenters. The van der Waals surface area contributed by atoms with Gasteiger partial charge in [-0.05, 0) is 76.0 Å². The maximum Gasteiger partial charge on any atom is 0.415 e. The van der Waals surface area contributed by atoms with Gasteiger partial charge in [0.05, 0.1) is 6.04 Å². The number of amides is 2. The van der Waals surface area contributed by atoms with Gasteiger partial charge in [0, 0.05) is 50.0 Å². The van der Waals surface area contributed by atoms with Gasteiger partial charge in [0.1, 0.15) is 5.75 Å². The van der Waals surface area contributed by atoms with Gasteiger partial charge in [-0.15, -0.1) is 0 Å². The van der Waals surface area contributed by atoms with Gasteiger partial charge in [-0.2, -0.15) is 0 Å². The first-order chi connectivity index (χ1) is 17.0. The van der Waals surface area contributed by atoms with E-state index in [0.717, 1.165) is 45.6 Å². The van der Waals surface area contributed by atoms with Crippen molar-refractivity contribution in [1.29, 1.82) is 0 Å². The second-order valence-corrected chi connectivity index (χ2v) is 10.2. The van der Waals surface area contributed by atoms with Gasteiger partial charge in [-0.1, -0.05) is 24.3 Å². The third-order valence-electron chi connectivity index (χ3n) is 7.72. The molecule has 0 saturated carbocycles. The molecule has 0 N–H and O–H groups in total. The highest BCUT2D eigenvalue weighted by molar-refractivity contribution is 5.95. The molecule has 4 saturated heterocycles. The fourth-order valence-electron chi connectivity index (χ4n) is 5.81. The predicted octanol–water partition coefficient (Wildman–Crippen LogP) is 3.95. The highest BCUT2D eigenvalue weighted by Crippen LogP contribution is 2.32. The van der Waals surface area contributed by atoms with Crippen LogP contribution in [0.2, 0.25) is 0 Å². The number of piperazine rings is 1. The van der Waals surface area contributed by atoms with Crippen molar-refractivity contribution in [1.82, 2.24) is 14.7 Å². The highest BCUT2D eigenvalue weighted by atomic mass is 16.6. The van der Waals surface area contributed by atoms with Crippen LogP contribution >= 0.6 is 0 Å². The molecule has 4 aliphatic heterocycles. The van der Waals surface area contributed by atoms with Crippen molar-refractivity contribution in [3.05, 3.63) is 60.2 Å². The number of nitrogens with zero attached hydrogens (tertiary/aromatic N) is 4. The average molecular weight is 477 g/mol. The smallest absolute Gasteiger partial charge is 0.410 e. The molecule has 2 aromatic rings. The number of rotatable bonds is 5. The molecule has 0 radical (unpaired) electrons. The lowest BCUT2D eigenvalue weighted by molar-refractivity contribution is 0.00131. The van der Waals surface area contributed by atoms with E-state index in [2.05, 4.69) is 21.9 Å². The van der Waals surface area contributed by atoms with Crippen molar-refractivity contribution in [2.24, 2.45) is 5.92 Å². The quantitative estimate of drug-likeness (QED) is 0.654. The lowest BCUT2D eigenvalue weighted by atomic mass is 9.83. The van der Waals surface area contributed by atoms with Crippen LogP contribution in [0.25, 0.3) is 0 Å². The molecular formula is C28H36N4O3. The summed E-state index contributed by atoms with van der Waals surface area (Å²) in [6.07, 6.45) is 1.96. The summed E-state index contributed by atoms with van der Waals surface area (Å²) in [5.74, 6) is 0.946. The lowest BCUT2D eigenvalue weighted by Crippen LogP contribution is -2.60. The van der Waals surface area contributed by atoms with Crippen molar-refractivity contribution in [3.63, 3.8) is 0 Å². The number of carbonyl (C=O) groups excluding carboxylic acids is 2. The van der Waals surface area contributed by atoms with E-state index in [4.69, 9.17) is 4.74 Å². The third kappa shape index (κ3) is 5.15. The first kappa shape index (κ1) is 23.7. The Morgan fingerprint density at radius 1 is 0.914 bits per heavy atom. The van der Waals surface area contributed by atoms with Crippen LogP contribution in [0, 0.1) is 5.92 Å². The number of piperidine rings is 3.